The van der Waals surface area contributed by atoms with Crippen LogP contribution in [0.4, 0.5) is 0 Å². The maximum absolute atomic E-state index is 12.1. The SMILES string of the molecule is CCSCCC(C)NC(=O)CC1(CN)CCCCC1. The molecule has 0 aromatic rings. The van der Waals surface area contributed by atoms with Gasteiger partial charge in [-0.25, -0.2) is 0 Å². The lowest BCUT2D eigenvalue weighted by atomic mass is 9.71. The van der Waals surface area contributed by atoms with E-state index in [1.807, 2.05) is 11.8 Å². The van der Waals surface area contributed by atoms with Gasteiger partial charge in [0.15, 0.2) is 0 Å². The summed E-state index contributed by atoms with van der Waals surface area (Å²) in [6.45, 7) is 4.92. The lowest BCUT2D eigenvalue weighted by Gasteiger charge is -2.36. The first-order chi connectivity index (χ1) is 9.12. The monoisotopic (exact) mass is 286 g/mol. The van der Waals surface area contributed by atoms with Gasteiger partial charge in [-0.3, -0.25) is 4.79 Å². The van der Waals surface area contributed by atoms with Gasteiger partial charge in [-0.05, 0) is 49.7 Å². The van der Waals surface area contributed by atoms with Gasteiger partial charge < -0.3 is 11.1 Å². The molecule has 0 aliphatic heterocycles. The molecule has 4 heteroatoms. The first-order valence-corrected chi connectivity index (χ1v) is 8.84. The Kier molecular flexibility index (Phi) is 7.84. The highest BCUT2D eigenvalue weighted by Crippen LogP contribution is 2.38. The van der Waals surface area contributed by atoms with Gasteiger partial charge in [0.2, 0.25) is 5.91 Å². The van der Waals surface area contributed by atoms with E-state index in [0.717, 1.165) is 30.8 Å². The number of rotatable bonds is 8. The van der Waals surface area contributed by atoms with Gasteiger partial charge >= 0.3 is 0 Å². The van der Waals surface area contributed by atoms with Crippen LogP contribution in [-0.4, -0.2) is 30.0 Å². The van der Waals surface area contributed by atoms with Gasteiger partial charge in [-0.15, -0.1) is 0 Å². The number of amides is 1. The molecular formula is C15H30N2OS. The van der Waals surface area contributed by atoms with Crippen LogP contribution in [0, 0.1) is 5.41 Å². The average Bonchev–Trinajstić information content (AvgIpc) is 2.40. The summed E-state index contributed by atoms with van der Waals surface area (Å²) in [7, 11) is 0. The fourth-order valence-corrected chi connectivity index (χ4v) is 3.71. The van der Waals surface area contributed by atoms with E-state index in [1.165, 1.54) is 19.3 Å². The van der Waals surface area contributed by atoms with Crippen LogP contribution >= 0.6 is 11.8 Å². The maximum atomic E-state index is 12.1. The second-order valence-corrected chi connectivity index (χ2v) is 7.29. The molecule has 1 amide bonds. The topological polar surface area (TPSA) is 55.1 Å². The lowest BCUT2D eigenvalue weighted by Crippen LogP contribution is -2.41. The molecule has 0 radical (unpaired) electrons. The van der Waals surface area contributed by atoms with Crippen LogP contribution in [0.2, 0.25) is 0 Å². The molecule has 1 unspecified atom stereocenters. The van der Waals surface area contributed by atoms with Crippen molar-refractivity contribution in [3.8, 4) is 0 Å². The van der Waals surface area contributed by atoms with E-state index >= 15 is 0 Å². The molecule has 0 heterocycles. The summed E-state index contributed by atoms with van der Waals surface area (Å²) in [6, 6.07) is 0.282. The van der Waals surface area contributed by atoms with Crippen molar-refractivity contribution in [2.24, 2.45) is 11.1 Å². The first kappa shape index (κ1) is 16.8. The van der Waals surface area contributed by atoms with Crippen molar-refractivity contribution in [1.29, 1.82) is 0 Å². The van der Waals surface area contributed by atoms with Gasteiger partial charge in [0.1, 0.15) is 0 Å². The van der Waals surface area contributed by atoms with E-state index in [-0.39, 0.29) is 17.4 Å². The number of carbonyl (C=O) groups is 1. The van der Waals surface area contributed by atoms with Crippen LogP contribution in [0.1, 0.15) is 58.8 Å². The standard InChI is InChI=1S/C15H30N2OS/c1-3-19-10-7-13(2)17-14(18)11-15(12-16)8-5-4-6-9-15/h13H,3-12,16H2,1-2H3,(H,17,18). The van der Waals surface area contributed by atoms with E-state index in [4.69, 9.17) is 5.73 Å². The largest absolute Gasteiger partial charge is 0.354 e. The van der Waals surface area contributed by atoms with Crippen LogP contribution in [0.5, 0.6) is 0 Å². The van der Waals surface area contributed by atoms with Crippen molar-refractivity contribution in [3.05, 3.63) is 0 Å². The number of hydrogen-bond donors (Lipinski definition) is 2. The fraction of sp³-hybridized carbons (Fsp3) is 0.933. The zero-order valence-electron chi connectivity index (χ0n) is 12.5. The molecule has 0 aromatic carbocycles. The smallest absolute Gasteiger partial charge is 0.220 e. The summed E-state index contributed by atoms with van der Waals surface area (Å²) in [5, 5.41) is 3.14. The van der Waals surface area contributed by atoms with E-state index in [9.17, 15) is 4.79 Å². The molecule has 1 saturated carbocycles. The summed E-state index contributed by atoms with van der Waals surface area (Å²) < 4.78 is 0. The Balaban J connectivity index is 2.32. The minimum Gasteiger partial charge on any atom is -0.354 e. The Labute approximate surface area is 122 Å². The summed E-state index contributed by atoms with van der Waals surface area (Å²) in [4.78, 5) is 12.1. The van der Waals surface area contributed by atoms with Gasteiger partial charge in [-0.1, -0.05) is 26.2 Å². The first-order valence-electron chi connectivity index (χ1n) is 7.69. The fourth-order valence-electron chi connectivity index (χ4n) is 2.90. The van der Waals surface area contributed by atoms with Crippen molar-refractivity contribution in [2.75, 3.05) is 18.1 Å². The third-order valence-electron chi connectivity index (χ3n) is 4.19. The average molecular weight is 286 g/mol. The quantitative estimate of drug-likeness (QED) is 0.675. The van der Waals surface area contributed by atoms with E-state index in [1.54, 1.807) is 0 Å². The van der Waals surface area contributed by atoms with Crippen LogP contribution in [0.25, 0.3) is 0 Å². The van der Waals surface area contributed by atoms with Gasteiger partial charge in [0.05, 0.1) is 0 Å². The molecule has 0 aromatic heterocycles. The number of hydrogen-bond acceptors (Lipinski definition) is 3. The van der Waals surface area contributed by atoms with Crippen molar-refractivity contribution in [1.82, 2.24) is 5.32 Å². The zero-order chi connectivity index (χ0) is 14.1. The molecule has 1 atom stereocenters. The van der Waals surface area contributed by atoms with Crippen molar-refractivity contribution in [3.63, 3.8) is 0 Å². The van der Waals surface area contributed by atoms with Gasteiger partial charge in [0.25, 0.3) is 0 Å². The van der Waals surface area contributed by atoms with Crippen LogP contribution in [-0.2, 0) is 4.79 Å². The summed E-state index contributed by atoms with van der Waals surface area (Å²) >= 11 is 1.93. The highest BCUT2D eigenvalue weighted by Gasteiger charge is 2.33. The highest BCUT2D eigenvalue weighted by molar-refractivity contribution is 7.99. The molecule has 0 spiro atoms. The molecule has 1 aliphatic carbocycles. The third kappa shape index (κ3) is 6.17. The van der Waals surface area contributed by atoms with E-state index in [2.05, 4.69) is 19.2 Å². The Bertz CT molecular complexity index is 265. The van der Waals surface area contributed by atoms with Crippen LogP contribution in [0.3, 0.4) is 0 Å². The Morgan fingerprint density at radius 2 is 2.05 bits per heavy atom. The minimum absolute atomic E-state index is 0.0836. The molecule has 19 heavy (non-hydrogen) atoms. The Hall–Kier alpha value is -0.220. The lowest BCUT2D eigenvalue weighted by molar-refractivity contribution is -0.124. The second kappa shape index (κ2) is 8.85. The Morgan fingerprint density at radius 3 is 2.63 bits per heavy atom. The van der Waals surface area contributed by atoms with Crippen LogP contribution in [0.15, 0.2) is 0 Å². The highest BCUT2D eigenvalue weighted by atomic mass is 32.2. The zero-order valence-corrected chi connectivity index (χ0v) is 13.4. The summed E-state index contributed by atoms with van der Waals surface area (Å²) in [5.41, 5.74) is 6.02. The second-order valence-electron chi connectivity index (χ2n) is 5.90. The molecule has 0 saturated heterocycles. The number of nitrogens with one attached hydrogen (secondary N) is 1. The number of nitrogens with two attached hydrogens (primary N) is 1. The normalized spacial score (nSPS) is 19.9. The van der Waals surface area contributed by atoms with Gasteiger partial charge in [-0.2, -0.15) is 11.8 Å². The summed E-state index contributed by atoms with van der Waals surface area (Å²) in [6.07, 6.45) is 7.68. The van der Waals surface area contributed by atoms with Crippen molar-refractivity contribution < 1.29 is 4.79 Å². The van der Waals surface area contributed by atoms with E-state index in [0.29, 0.717) is 13.0 Å². The van der Waals surface area contributed by atoms with E-state index < -0.39 is 0 Å². The molecule has 1 rings (SSSR count). The molecular weight excluding hydrogens is 256 g/mol. The maximum Gasteiger partial charge on any atom is 0.220 e. The van der Waals surface area contributed by atoms with Crippen molar-refractivity contribution in [2.45, 2.75) is 64.8 Å². The van der Waals surface area contributed by atoms with Crippen LogP contribution < -0.4 is 11.1 Å². The summed E-state index contributed by atoms with van der Waals surface area (Å²) in [5.74, 6) is 2.47. The van der Waals surface area contributed by atoms with Crippen molar-refractivity contribution >= 4 is 17.7 Å². The number of carbonyl (C=O) groups excluding carboxylic acids is 1. The third-order valence-corrected chi connectivity index (χ3v) is 5.12. The molecule has 0 bridgehead atoms. The molecule has 3 nitrogen and oxygen atoms in total. The molecule has 3 N–H and O–H groups in total. The predicted molar refractivity (Wildman–Crippen MR) is 84.4 cm³/mol. The number of thioether (sulfide) groups is 1. The molecule has 1 fully saturated rings. The molecule has 112 valence electrons. The molecule has 1 aliphatic rings. The Morgan fingerprint density at radius 1 is 1.37 bits per heavy atom. The minimum atomic E-state index is 0.0836. The predicted octanol–water partition coefficient (Wildman–Crippen LogP) is 2.93. The van der Waals surface area contributed by atoms with Gasteiger partial charge in [0, 0.05) is 12.5 Å².